The van der Waals surface area contributed by atoms with E-state index in [9.17, 15) is 0 Å². The number of aromatic nitrogens is 1. The zero-order valence-corrected chi connectivity index (χ0v) is 15.2. The number of rotatable bonds is 6. The standard InChI is InChI=1S/C16H18Br2N2O/c1-11(2)20-8-13-6-14(17)3-4-16(13)21-10-12-5-15(18)9-19-7-12/h3-7,9,11,20H,8,10H2,1-2H3. The molecule has 0 spiro atoms. The lowest BCUT2D eigenvalue weighted by Crippen LogP contribution is -2.22. The molecule has 1 N–H and O–H groups in total. The van der Waals surface area contributed by atoms with Crippen LogP contribution >= 0.6 is 31.9 Å². The van der Waals surface area contributed by atoms with Crippen LogP contribution in [-0.2, 0) is 13.2 Å². The number of halogens is 2. The summed E-state index contributed by atoms with van der Waals surface area (Å²) >= 11 is 6.93. The van der Waals surface area contributed by atoms with Crippen molar-refractivity contribution in [2.24, 2.45) is 0 Å². The molecular weight excluding hydrogens is 396 g/mol. The van der Waals surface area contributed by atoms with Crippen molar-refractivity contribution < 1.29 is 4.74 Å². The van der Waals surface area contributed by atoms with Crippen LogP contribution in [0.2, 0.25) is 0 Å². The van der Waals surface area contributed by atoms with Crippen LogP contribution in [0.1, 0.15) is 25.0 Å². The van der Waals surface area contributed by atoms with Gasteiger partial charge < -0.3 is 10.1 Å². The van der Waals surface area contributed by atoms with Gasteiger partial charge in [0, 0.05) is 45.1 Å². The minimum Gasteiger partial charge on any atom is -0.489 e. The topological polar surface area (TPSA) is 34.1 Å². The van der Waals surface area contributed by atoms with Crippen LogP contribution in [-0.4, -0.2) is 11.0 Å². The maximum absolute atomic E-state index is 5.94. The Morgan fingerprint density at radius 3 is 2.67 bits per heavy atom. The first-order valence-corrected chi connectivity index (χ1v) is 8.37. The number of hydrogen-bond acceptors (Lipinski definition) is 3. The number of benzene rings is 1. The Morgan fingerprint density at radius 2 is 1.95 bits per heavy atom. The molecule has 0 bridgehead atoms. The van der Waals surface area contributed by atoms with Crippen molar-refractivity contribution in [1.29, 1.82) is 0 Å². The zero-order valence-electron chi connectivity index (χ0n) is 12.1. The van der Waals surface area contributed by atoms with Gasteiger partial charge in [0.15, 0.2) is 0 Å². The van der Waals surface area contributed by atoms with Crippen LogP contribution in [0.3, 0.4) is 0 Å². The largest absolute Gasteiger partial charge is 0.489 e. The number of hydrogen-bond donors (Lipinski definition) is 1. The summed E-state index contributed by atoms with van der Waals surface area (Å²) in [6.45, 7) is 5.54. The molecule has 0 radical (unpaired) electrons. The van der Waals surface area contributed by atoms with Crippen molar-refractivity contribution in [1.82, 2.24) is 10.3 Å². The molecule has 0 unspecified atom stereocenters. The summed E-state index contributed by atoms with van der Waals surface area (Å²) in [5, 5.41) is 3.42. The molecule has 2 rings (SSSR count). The first-order chi connectivity index (χ1) is 10.0. The van der Waals surface area contributed by atoms with Gasteiger partial charge in [-0.25, -0.2) is 0 Å². The zero-order chi connectivity index (χ0) is 15.2. The van der Waals surface area contributed by atoms with Crippen molar-refractivity contribution in [3.05, 3.63) is 56.7 Å². The van der Waals surface area contributed by atoms with Crippen LogP contribution in [0.5, 0.6) is 5.75 Å². The highest BCUT2D eigenvalue weighted by Crippen LogP contribution is 2.24. The fraction of sp³-hybridized carbons (Fsp3) is 0.312. The first kappa shape index (κ1) is 16.5. The molecular formula is C16H18Br2N2O. The van der Waals surface area contributed by atoms with E-state index in [0.29, 0.717) is 12.6 Å². The van der Waals surface area contributed by atoms with Crippen molar-refractivity contribution in [2.45, 2.75) is 33.0 Å². The van der Waals surface area contributed by atoms with Gasteiger partial charge in [-0.3, -0.25) is 4.98 Å². The predicted octanol–water partition coefficient (Wildman–Crippen LogP) is 4.68. The van der Waals surface area contributed by atoms with Gasteiger partial charge in [-0.1, -0.05) is 29.8 Å². The second-order valence-electron chi connectivity index (χ2n) is 5.09. The van der Waals surface area contributed by atoms with Crippen molar-refractivity contribution in [2.75, 3.05) is 0 Å². The molecule has 0 aliphatic heterocycles. The van der Waals surface area contributed by atoms with E-state index in [2.05, 4.69) is 62.1 Å². The van der Waals surface area contributed by atoms with Gasteiger partial charge in [0.1, 0.15) is 12.4 Å². The molecule has 0 atom stereocenters. The fourth-order valence-corrected chi connectivity index (χ4v) is 2.66. The number of pyridine rings is 1. The molecule has 0 fully saturated rings. The van der Waals surface area contributed by atoms with E-state index < -0.39 is 0 Å². The number of nitrogens with one attached hydrogen (secondary N) is 1. The third-order valence-corrected chi connectivity index (χ3v) is 3.81. The van der Waals surface area contributed by atoms with E-state index in [1.807, 2.05) is 24.4 Å². The van der Waals surface area contributed by atoms with Gasteiger partial charge in [0.05, 0.1) is 0 Å². The maximum atomic E-state index is 5.94. The van der Waals surface area contributed by atoms with Gasteiger partial charge in [-0.2, -0.15) is 0 Å². The molecule has 0 amide bonds. The van der Waals surface area contributed by atoms with Gasteiger partial charge in [-0.15, -0.1) is 0 Å². The van der Waals surface area contributed by atoms with Gasteiger partial charge >= 0.3 is 0 Å². The third-order valence-electron chi connectivity index (χ3n) is 2.88. The number of nitrogens with zero attached hydrogens (tertiary/aromatic N) is 1. The molecule has 0 saturated carbocycles. The van der Waals surface area contributed by atoms with E-state index in [4.69, 9.17) is 4.74 Å². The lowest BCUT2D eigenvalue weighted by molar-refractivity contribution is 0.301. The van der Waals surface area contributed by atoms with Gasteiger partial charge in [0.25, 0.3) is 0 Å². The first-order valence-electron chi connectivity index (χ1n) is 6.78. The minimum absolute atomic E-state index is 0.436. The second kappa shape index (κ2) is 7.92. The average molecular weight is 414 g/mol. The van der Waals surface area contributed by atoms with Crippen molar-refractivity contribution >= 4 is 31.9 Å². The quantitative estimate of drug-likeness (QED) is 0.746. The van der Waals surface area contributed by atoms with E-state index in [1.165, 1.54) is 0 Å². The van der Waals surface area contributed by atoms with Crippen molar-refractivity contribution in [3.63, 3.8) is 0 Å². The van der Waals surface area contributed by atoms with Crippen LogP contribution in [0, 0.1) is 0 Å². The summed E-state index contributed by atoms with van der Waals surface area (Å²) in [6.07, 6.45) is 3.58. The van der Waals surface area contributed by atoms with Crippen LogP contribution in [0.15, 0.2) is 45.6 Å². The third kappa shape index (κ3) is 5.41. The molecule has 3 nitrogen and oxygen atoms in total. The minimum atomic E-state index is 0.436. The van der Waals surface area contributed by atoms with Crippen molar-refractivity contribution in [3.8, 4) is 5.75 Å². The van der Waals surface area contributed by atoms with Gasteiger partial charge in [-0.05, 0) is 40.2 Å². The molecule has 5 heteroatoms. The Balaban J connectivity index is 2.08. The van der Waals surface area contributed by atoms with Crippen LogP contribution in [0.4, 0.5) is 0 Å². The van der Waals surface area contributed by atoms with E-state index in [-0.39, 0.29) is 0 Å². The predicted molar refractivity (Wildman–Crippen MR) is 92.4 cm³/mol. The lowest BCUT2D eigenvalue weighted by atomic mass is 10.2. The Labute approximate surface area is 142 Å². The SMILES string of the molecule is CC(C)NCc1cc(Br)ccc1OCc1cncc(Br)c1. The second-order valence-corrected chi connectivity index (χ2v) is 6.92. The summed E-state index contributed by atoms with van der Waals surface area (Å²) < 4.78 is 7.96. The highest BCUT2D eigenvalue weighted by atomic mass is 79.9. The molecule has 0 aliphatic carbocycles. The molecule has 2 aromatic rings. The highest BCUT2D eigenvalue weighted by Gasteiger charge is 2.06. The molecule has 21 heavy (non-hydrogen) atoms. The molecule has 112 valence electrons. The fourth-order valence-electron chi connectivity index (χ4n) is 1.84. The molecule has 0 saturated heterocycles. The summed E-state index contributed by atoms with van der Waals surface area (Å²) in [5.74, 6) is 0.895. The molecule has 1 aromatic heterocycles. The summed E-state index contributed by atoms with van der Waals surface area (Å²) in [6, 6.07) is 8.52. The van der Waals surface area contributed by atoms with E-state index in [1.54, 1.807) is 6.20 Å². The summed E-state index contributed by atoms with van der Waals surface area (Å²) in [5.41, 5.74) is 2.18. The summed E-state index contributed by atoms with van der Waals surface area (Å²) in [4.78, 5) is 4.15. The summed E-state index contributed by atoms with van der Waals surface area (Å²) in [7, 11) is 0. The smallest absolute Gasteiger partial charge is 0.124 e. The Kier molecular flexibility index (Phi) is 6.21. The Bertz CT molecular complexity index is 603. The van der Waals surface area contributed by atoms with Crippen LogP contribution in [0.25, 0.3) is 0 Å². The molecule has 1 heterocycles. The Morgan fingerprint density at radius 1 is 1.14 bits per heavy atom. The molecule has 0 aliphatic rings. The maximum Gasteiger partial charge on any atom is 0.124 e. The van der Waals surface area contributed by atoms with E-state index >= 15 is 0 Å². The normalized spacial score (nSPS) is 10.9. The highest BCUT2D eigenvalue weighted by molar-refractivity contribution is 9.10. The monoisotopic (exact) mass is 412 g/mol. The average Bonchev–Trinajstić information content (AvgIpc) is 2.44. The van der Waals surface area contributed by atoms with Gasteiger partial charge in [0.2, 0.25) is 0 Å². The number of ether oxygens (including phenoxy) is 1. The molecule has 1 aromatic carbocycles. The lowest BCUT2D eigenvalue weighted by Gasteiger charge is -2.14. The van der Waals surface area contributed by atoms with E-state index in [0.717, 1.165) is 32.4 Å². The Hall–Kier alpha value is -0.910. The van der Waals surface area contributed by atoms with Crippen LogP contribution < -0.4 is 10.1 Å².